The van der Waals surface area contributed by atoms with Crippen LogP contribution < -0.4 is 22.1 Å². The van der Waals surface area contributed by atoms with Gasteiger partial charge >= 0.3 is 0 Å². The van der Waals surface area contributed by atoms with Crippen molar-refractivity contribution in [3.05, 3.63) is 82.9 Å². The number of carbonyl (C=O) groups excluding carboxylic acids is 1. The number of hydrazine groups is 1. The Morgan fingerprint density at radius 2 is 1.68 bits per heavy atom. The summed E-state index contributed by atoms with van der Waals surface area (Å²) in [6.45, 7) is 0.917. The van der Waals surface area contributed by atoms with E-state index in [4.69, 9.17) is 11.6 Å². The standard InChI is InChI=1S/C25H30N6O3/c26-22-23(31(27)20-9-5-2-6-10-20)28-18-30(24(22)33)17-25(34)13-15-29(16-14-25)21(32)12-11-19-7-3-1-4-8-19/h1-10,18,34H,11-17,26-27H2. The molecule has 9 nitrogen and oxygen atoms in total. The average molecular weight is 463 g/mol. The molecule has 4 rings (SSSR count). The Kier molecular flexibility index (Phi) is 6.95. The maximum absolute atomic E-state index is 12.9. The minimum atomic E-state index is -1.13. The molecule has 2 aromatic carbocycles. The van der Waals surface area contributed by atoms with Crippen molar-refractivity contribution in [1.29, 1.82) is 0 Å². The highest BCUT2D eigenvalue weighted by Crippen LogP contribution is 2.26. The Labute approximate surface area is 198 Å². The van der Waals surface area contributed by atoms with Gasteiger partial charge < -0.3 is 15.7 Å². The quantitative estimate of drug-likeness (QED) is 0.361. The predicted octanol–water partition coefficient (Wildman–Crippen LogP) is 1.82. The Balaban J connectivity index is 1.37. The van der Waals surface area contributed by atoms with Crippen molar-refractivity contribution in [2.24, 2.45) is 5.84 Å². The number of hydrogen-bond donors (Lipinski definition) is 3. The van der Waals surface area contributed by atoms with Crippen LogP contribution in [0.4, 0.5) is 17.2 Å². The third kappa shape index (κ3) is 5.27. The van der Waals surface area contributed by atoms with Gasteiger partial charge in [-0.15, -0.1) is 0 Å². The van der Waals surface area contributed by atoms with E-state index in [0.29, 0.717) is 44.5 Å². The molecular formula is C25H30N6O3. The number of carbonyl (C=O) groups is 1. The zero-order valence-corrected chi connectivity index (χ0v) is 19.0. The first kappa shape index (κ1) is 23.5. The van der Waals surface area contributed by atoms with E-state index < -0.39 is 11.2 Å². The van der Waals surface area contributed by atoms with E-state index in [1.165, 1.54) is 15.9 Å². The smallest absolute Gasteiger partial charge is 0.278 e. The van der Waals surface area contributed by atoms with Crippen molar-refractivity contribution in [2.75, 3.05) is 23.8 Å². The third-order valence-electron chi connectivity index (χ3n) is 6.30. The molecule has 0 atom stereocenters. The summed E-state index contributed by atoms with van der Waals surface area (Å²) in [7, 11) is 0. The lowest BCUT2D eigenvalue weighted by molar-refractivity contribution is -0.135. The molecule has 0 saturated carbocycles. The van der Waals surface area contributed by atoms with Gasteiger partial charge in [0.2, 0.25) is 5.91 Å². The van der Waals surface area contributed by atoms with Crippen molar-refractivity contribution in [3.63, 3.8) is 0 Å². The Morgan fingerprint density at radius 3 is 2.32 bits per heavy atom. The number of nitrogen functional groups attached to an aromatic ring is 1. The van der Waals surface area contributed by atoms with Gasteiger partial charge in [0.15, 0.2) is 5.82 Å². The number of aromatic nitrogens is 2. The summed E-state index contributed by atoms with van der Waals surface area (Å²) >= 11 is 0. The second-order valence-electron chi connectivity index (χ2n) is 8.71. The van der Waals surface area contributed by atoms with Crippen LogP contribution in [0.1, 0.15) is 24.8 Å². The lowest BCUT2D eigenvalue weighted by Crippen LogP contribution is -2.50. The minimum absolute atomic E-state index is 0.0469. The molecule has 2 heterocycles. The van der Waals surface area contributed by atoms with Gasteiger partial charge in [-0.25, -0.2) is 10.8 Å². The fraction of sp³-hybridized carbons (Fsp3) is 0.320. The van der Waals surface area contributed by atoms with Crippen LogP contribution in [0.3, 0.4) is 0 Å². The Bertz CT molecular complexity index is 1170. The lowest BCUT2D eigenvalue weighted by Gasteiger charge is -2.38. The fourth-order valence-corrected chi connectivity index (χ4v) is 4.21. The number of para-hydroxylation sites is 1. The number of aliphatic hydroxyl groups is 1. The minimum Gasteiger partial charge on any atom is -0.391 e. The maximum Gasteiger partial charge on any atom is 0.278 e. The molecule has 34 heavy (non-hydrogen) atoms. The summed E-state index contributed by atoms with van der Waals surface area (Å²) in [5, 5.41) is 12.4. The maximum atomic E-state index is 12.9. The normalized spacial score (nSPS) is 15.2. The van der Waals surface area contributed by atoms with Gasteiger partial charge in [-0.3, -0.25) is 19.2 Å². The summed E-state index contributed by atoms with van der Waals surface area (Å²) in [4.78, 5) is 31.5. The summed E-state index contributed by atoms with van der Waals surface area (Å²) < 4.78 is 1.31. The van der Waals surface area contributed by atoms with E-state index in [9.17, 15) is 14.7 Å². The highest BCUT2D eigenvalue weighted by molar-refractivity contribution is 5.76. The van der Waals surface area contributed by atoms with Crippen LogP contribution in [-0.2, 0) is 17.8 Å². The highest BCUT2D eigenvalue weighted by Gasteiger charge is 2.34. The molecular weight excluding hydrogens is 432 g/mol. The zero-order chi connectivity index (χ0) is 24.1. The zero-order valence-electron chi connectivity index (χ0n) is 19.0. The van der Waals surface area contributed by atoms with E-state index in [0.717, 1.165) is 5.56 Å². The van der Waals surface area contributed by atoms with Crippen molar-refractivity contribution in [3.8, 4) is 0 Å². The summed E-state index contributed by atoms with van der Waals surface area (Å²) in [6.07, 6.45) is 3.21. The topological polar surface area (TPSA) is 131 Å². The molecule has 0 aliphatic carbocycles. The number of rotatable bonds is 7. The van der Waals surface area contributed by atoms with Gasteiger partial charge in [0.1, 0.15) is 12.0 Å². The molecule has 9 heteroatoms. The number of nitrogens with zero attached hydrogens (tertiary/aromatic N) is 4. The molecule has 0 radical (unpaired) electrons. The van der Waals surface area contributed by atoms with Gasteiger partial charge in [0.25, 0.3) is 5.56 Å². The monoisotopic (exact) mass is 462 g/mol. The molecule has 1 amide bonds. The number of nitrogens with two attached hydrogens (primary N) is 2. The molecule has 0 bridgehead atoms. The Hall–Kier alpha value is -3.69. The van der Waals surface area contributed by atoms with E-state index >= 15 is 0 Å². The van der Waals surface area contributed by atoms with Crippen LogP contribution in [0.25, 0.3) is 0 Å². The molecule has 1 aliphatic rings. The molecule has 0 unspecified atom stereocenters. The fourth-order valence-electron chi connectivity index (χ4n) is 4.21. The molecule has 3 aromatic rings. The first-order valence-electron chi connectivity index (χ1n) is 11.4. The van der Waals surface area contributed by atoms with Crippen molar-refractivity contribution in [2.45, 2.75) is 37.8 Å². The molecule has 1 saturated heterocycles. The van der Waals surface area contributed by atoms with Crippen LogP contribution in [0.15, 0.2) is 71.8 Å². The summed E-state index contributed by atoms with van der Waals surface area (Å²) in [6, 6.07) is 19.0. The van der Waals surface area contributed by atoms with Crippen molar-refractivity contribution >= 4 is 23.1 Å². The number of anilines is 3. The average Bonchev–Trinajstić information content (AvgIpc) is 2.87. The van der Waals surface area contributed by atoms with E-state index in [1.54, 1.807) is 17.0 Å². The van der Waals surface area contributed by atoms with Crippen LogP contribution in [0.2, 0.25) is 0 Å². The summed E-state index contributed by atoms with van der Waals surface area (Å²) in [5.74, 6) is 6.33. The van der Waals surface area contributed by atoms with Gasteiger partial charge in [-0.05, 0) is 37.0 Å². The van der Waals surface area contributed by atoms with Gasteiger partial charge in [-0.1, -0.05) is 48.5 Å². The van der Waals surface area contributed by atoms with E-state index in [-0.39, 0.29) is 24.0 Å². The third-order valence-corrected chi connectivity index (χ3v) is 6.30. The van der Waals surface area contributed by atoms with Gasteiger partial charge in [0, 0.05) is 19.5 Å². The molecule has 1 fully saturated rings. The molecule has 1 aromatic heterocycles. The van der Waals surface area contributed by atoms with E-state index in [2.05, 4.69) is 4.98 Å². The van der Waals surface area contributed by atoms with Crippen LogP contribution in [-0.4, -0.2) is 44.2 Å². The number of likely N-dealkylation sites (tertiary alicyclic amines) is 1. The van der Waals surface area contributed by atoms with Crippen LogP contribution in [0.5, 0.6) is 0 Å². The SMILES string of the molecule is Nc1c(N(N)c2ccccc2)ncn(CC2(O)CCN(C(=O)CCc3ccccc3)CC2)c1=O. The number of hydrogen-bond acceptors (Lipinski definition) is 7. The highest BCUT2D eigenvalue weighted by atomic mass is 16.3. The van der Waals surface area contributed by atoms with Gasteiger partial charge in [-0.2, -0.15) is 0 Å². The molecule has 1 aliphatic heterocycles. The predicted molar refractivity (Wildman–Crippen MR) is 131 cm³/mol. The van der Waals surface area contributed by atoms with Crippen molar-refractivity contribution in [1.82, 2.24) is 14.5 Å². The van der Waals surface area contributed by atoms with Gasteiger partial charge in [0.05, 0.1) is 17.8 Å². The Morgan fingerprint density at radius 1 is 1.06 bits per heavy atom. The van der Waals surface area contributed by atoms with E-state index in [1.807, 2.05) is 48.5 Å². The second kappa shape index (κ2) is 10.1. The lowest BCUT2D eigenvalue weighted by atomic mass is 9.91. The number of aryl methyl sites for hydroxylation is 1. The largest absolute Gasteiger partial charge is 0.391 e. The molecule has 0 spiro atoms. The van der Waals surface area contributed by atoms with Crippen LogP contribution >= 0.6 is 0 Å². The number of piperidine rings is 1. The molecule has 5 N–H and O–H groups in total. The summed E-state index contributed by atoms with van der Waals surface area (Å²) in [5.41, 5.74) is 6.14. The van der Waals surface area contributed by atoms with Crippen LogP contribution in [0, 0.1) is 0 Å². The molecule has 178 valence electrons. The number of benzene rings is 2. The van der Waals surface area contributed by atoms with Crippen molar-refractivity contribution < 1.29 is 9.90 Å². The first-order valence-corrected chi connectivity index (χ1v) is 11.4. The number of amides is 1. The first-order chi connectivity index (χ1) is 16.4. The second-order valence-corrected chi connectivity index (χ2v) is 8.71.